The summed E-state index contributed by atoms with van der Waals surface area (Å²) in [5, 5.41) is 2.15. The van der Waals surface area contributed by atoms with E-state index in [9.17, 15) is 14.4 Å². The standard InChI is InChI=1S/C11H15NO5/c1-5-6-8(13)16-9(14)7-12-10(15)17-11(2,3)4/h7H2,1-4H3,(H,12,15). The van der Waals surface area contributed by atoms with Crippen LogP contribution in [0, 0.1) is 11.8 Å². The van der Waals surface area contributed by atoms with E-state index in [-0.39, 0.29) is 0 Å². The van der Waals surface area contributed by atoms with Gasteiger partial charge in [0.25, 0.3) is 0 Å². The first-order chi connectivity index (χ1) is 7.74. The van der Waals surface area contributed by atoms with Crippen molar-refractivity contribution < 1.29 is 23.9 Å². The third-order valence-corrected chi connectivity index (χ3v) is 1.21. The Hall–Kier alpha value is -2.03. The van der Waals surface area contributed by atoms with Gasteiger partial charge in [0.15, 0.2) is 0 Å². The van der Waals surface area contributed by atoms with E-state index < -0.39 is 30.2 Å². The topological polar surface area (TPSA) is 81.7 Å². The van der Waals surface area contributed by atoms with Gasteiger partial charge in [-0.3, -0.25) is 0 Å². The zero-order chi connectivity index (χ0) is 13.5. The molecule has 6 heteroatoms. The summed E-state index contributed by atoms with van der Waals surface area (Å²) in [6, 6.07) is 0. The van der Waals surface area contributed by atoms with Crippen molar-refractivity contribution in [2.45, 2.75) is 33.3 Å². The van der Waals surface area contributed by atoms with Gasteiger partial charge in [0.1, 0.15) is 12.1 Å². The highest BCUT2D eigenvalue weighted by Crippen LogP contribution is 2.06. The van der Waals surface area contributed by atoms with Crippen LogP contribution in [0.15, 0.2) is 0 Å². The molecule has 0 aliphatic carbocycles. The van der Waals surface area contributed by atoms with Gasteiger partial charge in [-0.1, -0.05) is 5.92 Å². The Morgan fingerprint density at radius 3 is 2.29 bits per heavy atom. The van der Waals surface area contributed by atoms with Crippen LogP contribution in [0.1, 0.15) is 27.7 Å². The van der Waals surface area contributed by atoms with Crippen LogP contribution < -0.4 is 5.32 Å². The van der Waals surface area contributed by atoms with E-state index in [4.69, 9.17) is 4.74 Å². The monoisotopic (exact) mass is 241 g/mol. The minimum absolute atomic E-state index is 0.452. The van der Waals surface area contributed by atoms with Crippen LogP contribution in [0.3, 0.4) is 0 Å². The first-order valence-electron chi connectivity index (χ1n) is 4.89. The van der Waals surface area contributed by atoms with Gasteiger partial charge in [0.05, 0.1) is 0 Å². The number of nitrogens with one attached hydrogen (secondary N) is 1. The molecule has 0 spiro atoms. The average molecular weight is 241 g/mol. The van der Waals surface area contributed by atoms with Crippen molar-refractivity contribution in [2.75, 3.05) is 6.54 Å². The summed E-state index contributed by atoms with van der Waals surface area (Å²) >= 11 is 0. The van der Waals surface area contributed by atoms with Crippen LogP contribution in [0.25, 0.3) is 0 Å². The first-order valence-corrected chi connectivity index (χ1v) is 4.89. The quantitative estimate of drug-likeness (QED) is 0.331. The molecule has 0 saturated heterocycles. The third kappa shape index (κ3) is 8.93. The van der Waals surface area contributed by atoms with Crippen molar-refractivity contribution in [2.24, 2.45) is 0 Å². The Kier molecular flexibility index (Phi) is 5.75. The lowest BCUT2D eigenvalue weighted by Gasteiger charge is -2.19. The summed E-state index contributed by atoms with van der Waals surface area (Å²) in [6.07, 6.45) is -0.761. The number of ether oxygens (including phenoxy) is 2. The molecule has 0 aromatic heterocycles. The number of hydrogen-bond acceptors (Lipinski definition) is 5. The van der Waals surface area contributed by atoms with Crippen LogP contribution in [0.4, 0.5) is 4.79 Å². The highest BCUT2D eigenvalue weighted by Gasteiger charge is 2.17. The highest BCUT2D eigenvalue weighted by atomic mass is 16.6. The van der Waals surface area contributed by atoms with Crippen LogP contribution in [-0.2, 0) is 19.1 Å². The summed E-state index contributed by atoms with van der Waals surface area (Å²) in [5.74, 6) is 2.45. The molecule has 17 heavy (non-hydrogen) atoms. The van der Waals surface area contributed by atoms with Crippen molar-refractivity contribution in [1.29, 1.82) is 0 Å². The van der Waals surface area contributed by atoms with E-state index in [0.29, 0.717) is 0 Å². The number of carbonyl (C=O) groups excluding carboxylic acids is 3. The lowest BCUT2D eigenvalue weighted by molar-refractivity contribution is -0.154. The fourth-order valence-electron chi connectivity index (χ4n) is 0.726. The lowest BCUT2D eigenvalue weighted by Crippen LogP contribution is -2.36. The maximum atomic E-state index is 11.1. The van der Waals surface area contributed by atoms with Crippen molar-refractivity contribution in [3.8, 4) is 11.8 Å². The normalized spacial score (nSPS) is 9.65. The number of rotatable bonds is 2. The van der Waals surface area contributed by atoms with E-state index in [2.05, 4.69) is 16.0 Å². The molecule has 0 fully saturated rings. The number of esters is 2. The molecule has 0 unspecified atom stereocenters. The van der Waals surface area contributed by atoms with Gasteiger partial charge in [0.2, 0.25) is 0 Å². The van der Waals surface area contributed by atoms with Crippen molar-refractivity contribution in [3.05, 3.63) is 0 Å². The van der Waals surface area contributed by atoms with Crippen molar-refractivity contribution in [3.63, 3.8) is 0 Å². The molecular formula is C11H15NO5. The van der Waals surface area contributed by atoms with Crippen LogP contribution >= 0.6 is 0 Å². The largest absolute Gasteiger partial charge is 0.444 e. The summed E-state index contributed by atoms with van der Waals surface area (Å²) < 4.78 is 9.12. The van der Waals surface area contributed by atoms with E-state index in [0.717, 1.165) is 0 Å². The molecule has 0 heterocycles. The summed E-state index contributed by atoms with van der Waals surface area (Å²) in [6.45, 7) is 6.04. The van der Waals surface area contributed by atoms with Crippen molar-refractivity contribution in [1.82, 2.24) is 5.32 Å². The molecule has 0 radical (unpaired) electrons. The number of amides is 1. The minimum Gasteiger partial charge on any atom is -0.444 e. The Labute approximate surface area is 99.6 Å². The predicted molar refractivity (Wildman–Crippen MR) is 58.8 cm³/mol. The number of hydrogen-bond donors (Lipinski definition) is 1. The molecule has 6 nitrogen and oxygen atoms in total. The molecule has 1 N–H and O–H groups in total. The second-order valence-electron chi connectivity index (χ2n) is 3.99. The SMILES string of the molecule is CC#CC(=O)OC(=O)CNC(=O)OC(C)(C)C. The van der Waals surface area contributed by atoms with E-state index in [1.807, 2.05) is 5.92 Å². The van der Waals surface area contributed by atoms with Gasteiger partial charge in [-0.25, -0.2) is 14.4 Å². The molecule has 0 rings (SSSR count). The average Bonchev–Trinajstić information content (AvgIpc) is 2.12. The highest BCUT2D eigenvalue weighted by molar-refractivity contribution is 5.97. The second kappa shape index (κ2) is 6.53. The van der Waals surface area contributed by atoms with Gasteiger partial charge >= 0.3 is 18.0 Å². The molecule has 0 aromatic rings. The van der Waals surface area contributed by atoms with E-state index in [1.165, 1.54) is 6.92 Å². The Morgan fingerprint density at radius 1 is 1.24 bits per heavy atom. The molecular weight excluding hydrogens is 226 g/mol. The van der Waals surface area contributed by atoms with Crippen molar-refractivity contribution >= 4 is 18.0 Å². The zero-order valence-corrected chi connectivity index (χ0v) is 10.2. The van der Waals surface area contributed by atoms with Gasteiger partial charge in [-0.15, -0.1) is 0 Å². The Bertz CT molecular complexity index is 370. The Balaban J connectivity index is 3.95. The minimum atomic E-state index is -0.955. The van der Waals surface area contributed by atoms with Gasteiger partial charge in [0, 0.05) is 5.92 Å². The van der Waals surface area contributed by atoms with E-state index in [1.54, 1.807) is 20.8 Å². The van der Waals surface area contributed by atoms with Crippen LogP contribution in [0.2, 0.25) is 0 Å². The lowest BCUT2D eigenvalue weighted by atomic mass is 10.2. The Morgan fingerprint density at radius 2 is 1.82 bits per heavy atom. The molecule has 0 aliphatic heterocycles. The molecule has 0 aromatic carbocycles. The van der Waals surface area contributed by atoms with Gasteiger partial charge < -0.3 is 14.8 Å². The molecule has 0 atom stereocenters. The molecule has 0 bridgehead atoms. The molecule has 1 amide bonds. The van der Waals surface area contributed by atoms with Crippen LogP contribution in [-0.4, -0.2) is 30.2 Å². The fourth-order valence-corrected chi connectivity index (χ4v) is 0.726. The van der Waals surface area contributed by atoms with Gasteiger partial charge in [-0.05, 0) is 27.7 Å². The van der Waals surface area contributed by atoms with Crippen LogP contribution in [0.5, 0.6) is 0 Å². The van der Waals surface area contributed by atoms with E-state index >= 15 is 0 Å². The molecule has 94 valence electrons. The third-order valence-electron chi connectivity index (χ3n) is 1.21. The predicted octanol–water partition coefficient (Wildman–Crippen LogP) is 0.604. The first kappa shape index (κ1) is 15.0. The maximum Gasteiger partial charge on any atom is 0.408 e. The summed E-state index contributed by atoms with van der Waals surface area (Å²) in [5.41, 5.74) is -0.655. The summed E-state index contributed by atoms with van der Waals surface area (Å²) in [7, 11) is 0. The molecule has 0 aliphatic rings. The second-order valence-corrected chi connectivity index (χ2v) is 3.99. The number of alkyl carbamates (subject to hydrolysis) is 1. The zero-order valence-electron chi connectivity index (χ0n) is 10.2. The fraction of sp³-hybridized carbons (Fsp3) is 0.545. The number of carbonyl (C=O) groups is 3. The smallest absolute Gasteiger partial charge is 0.408 e. The maximum absolute atomic E-state index is 11.1. The summed E-state index contributed by atoms with van der Waals surface area (Å²) in [4.78, 5) is 32.9. The van der Waals surface area contributed by atoms with Gasteiger partial charge in [-0.2, -0.15) is 0 Å². The molecule has 0 saturated carbocycles.